The van der Waals surface area contributed by atoms with E-state index in [1.807, 2.05) is 18.2 Å². The molecule has 7 heteroatoms. The monoisotopic (exact) mass is 508 g/mol. The van der Waals surface area contributed by atoms with Crippen LogP contribution in [0.25, 0.3) is 0 Å². The highest BCUT2D eigenvalue weighted by molar-refractivity contribution is 8.10. The number of rotatable bonds is 13. The Kier molecular flexibility index (Phi) is 11.6. The summed E-state index contributed by atoms with van der Waals surface area (Å²) in [5, 5.41) is -0.125. The molecule has 34 heavy (non-hydrogen) atoms. The van der Waals surface area contributed by atoms with E-state index in [0.29, 0.717) is 6.42 Å². The molecule has 0 radical (unpaired) electrons. The number of nitrogens with two attached hydrogens (primary N) is 2. The molecule has 1 aliphatic rings. The molecule has 0 heterocycles. The first-order chi connectivity index (χ1) is 16.1. The number of para-hydroxylation sites is 1. The molecule has 3 unspecified atom stereocenters. The third kappa shape index (κ3) is 9.38. The maximum absolute atomic E-state index is 13.1. The Hall–Kier alpha value is -1.31. The number of carbonyl (C=O) groups excluding carboxylic acids is 1. The normalized spacial score (nSPS) is 22.7. The van der Waals surface area contributed by atoms with Crippen molar-refractivity contribution in [1.82, 2.24) is 0 Å². The summed E-state index contributed by atoms with van der Waals surface area (Å²) in [4.78, 5) is 13.1. The largest absolute Gasteiger partial charge is 0.468 e. The third-order valence-corrected chi connectivity index (χ3v) is 7.66. The summed E-state index contributed by atoms with van der Waals surface area (Å²) in [6.45, 7) is 8.63. The molecule has 1 fully saturated rings. The quantitative estimate of drug-likeness (QED) is 0.174. The molecule has 2 rings (SSSR count). The van der Waals surface area contributed by atoms with E-state index in [4.69, 9.17) is 32.6 Å². The highest BCUT2D eigenvalue weighted by Crippen LogP contribution is 2.49. The Morgan fingerprint density at radius 2 is 1.76 bits per heavy atom. The Balaban J connectivity index is 1.91. The average Bonchev–Trinajstić information content (AvgIpc) is 2.75. The van der Waals surface area contributed by atoms with Gasteiger partial charge in [-0.25, -0.2) is 0 Å². The first-order valence-corrected chi connectivity index (χ1v) is 13.9. The summed E-state index contributed by atoms with van der Waals surface area (Å²) in [7, 11) is 0. The molecule has 0 spiro atoms. The molecule has 3 atom stereocenters. The van der Waals surface area contributed by atoms with Crippen LogP contribution in [0.3, 0.4) is 0 Å². The van der Waals surface area contributed by atoms with E-state index in [-0.39, 0.29) is 21.8 Å². The first-order valence-electron chi connectivity index (χ1n) is 12.7. The number of ether oxygens (including phenoxy) is 1. The number of carbonyl (C=O) groups is 1. The minimum atomic E-state index is -0.676. The molecule has 4 N–H and O–H groups in total. The van der Waals surface area contributed by atoms with Crippen molar-refractivity contribution in [2.45, 2.75) is 110 Å². The van der Waals surface area contributed by atoms with Crippen molar-refractivity contribution in [2.75, 3.05) is 0 Å². The zero-order valence-corrected chi connectivity index (χ0v) is 23.1. The van der Waals surface area contributed by atoms with Crippen molar-refractivity contribution in [3.63, 3.8) is 0 Å². The molecule has 0 aliphatic heterocycles. The van der Waals surface area contributed by atoms with E-state index in [1.54, 1.807) is 0 Å². The van der Waals surface area contributed by atoms with Crippen molar-refractivity contribution in [3.05, 3.63) is 29.8 Å². The molecule has 1 aromatic carbocycles. The summed E-state index contributed by atoms with van der Waals surface area (Å²) < 4.78 is 11.6. The van der Waals surface area contributed by atoms with Gasteiger partial charge in [0.25, 0.3) is 5.17 Å². The topological polar surface area (TPSA) is 87.6 Å². The van der Waals surface area contributed by atoms with Crippen LogP contribution in [-0.4, -0.2) is 22.4 Å². The Bertz CT molecular complexity index is 802. The molecule has 0 saturated heterocycles. The van der Waals surface area contributed by atoms with Crippen LogP contribution in [0.1, 0.15) is 97.5 Å². The predicted octanol–water partition coefficient (Wildman–Crippen LogP) is 6.71. The second-order valence-corrected chi connectivity index (χ2v) is 12.0. The second kappa shape index (κ2) is 13.7. The lowest BCUT2D eigenvalue weighted by Crippen LogP contribution is -2.52. The third-order valence-electron chi connectivity index (χ3n) is 6.88. The number of thiocarbonyl (C=S) groups is 1. The smallest absolute Gasteiger partial charge is 0.254 e. The van der Waals surface area contributed by atoms with E-state index < -0.39 is 11.5 Å². The zero-order valence-electron chi connectivity index (χ0n) is 21.4. The number of benzene rings is 1. The fourth-order valence-electron chi connectivity index (χ4n) is 5.42. The summed E-state index contributed by atoms with van der Waals surface area (Å²) in [5.41, 5.74) is 12.8. The molecule has 1 aromatic rings. The van der Waals surface area contributed by atoms with Gasteiger partial charge < -0.3 is 20.4 Å². The fourth-order valence-corrected chi connectivity index (χ4v) is 6.28. The van der Waals surface area contributed by atoms with Gasteiger partial charge in [0.15, 0.2) is 0 Å². The van der Waals surface area contributed by atoms with Crippen LogP contribution in [0, 0.1) is 10.8 Å². The molecule has 192 valence electrons. The minimum absolute atomic E-state index is 0.0327. The lowest BCUT2D eigenvalue weighted by atomic mass is 9.61. The van der Waals surface area contributed by atoms with Gasteiger partial charge in [0.05, 0.1) is 6.04 Å². The average molecular weight is 509 g/mol. The van der Waals surface area contributed by atoms with Crippen molar-refractivity contribution in [3.8, 4) is 5.75 Å². The van der Waals surface area contributed by atoms with Crippen molar-refractivity contribution in [1.29, 1.82) is 0 Å². The number of aryl methyl sites for hydroxylation is 1. The van der Waals surface area contributed by atoms with Crippen LogP contribution in [0.2, 0.25) is 0 Å². The van der Waals surface area contributed by atoms with E-state index >= 15 is 0 Å². The second-order valence-electron chi connectivity index (χ2n) is 10.9. The minimum Gasteiger partial charge on any atom is -0.468 e. The van der Waals surface area contributed by atoms with Crippen LogP contribution >= 0.6 is 24.3 Å². The van der Waals surface area contributed by atoms with E-state index in [9.17, 15) is 4.79 Å². The SMILES string of the molecule is CCCCCCCCCc1ccccc1OSC(=O)C(N)C1(C)CC(OC(N)=S)CC(C)(C)C1. The Labute approximate surface area is 216 Å². The first kappa shape index (κ1) is 28.9. The molecule has 0 aromatic heterocycles. The van der Waals surface area contributed by atoms with Crippen LogP contribution in [0.5, 0.6) is 5.75 Å². The summed E-state index contributed by atoms with van der Waals surface area (Å²) in [5.74, 6) is 0.753. The predicted molar refractivity (Wildman–Crippen MR) is 147 cm³/mol. The molecule has 1 aliphatic carbocycles. The highest BCUT2D eigenvalue weighted by Gasteiger charge is 2.48. The fraction of sp³-hybridized carbons (Fsp3) is 0.704. The van der Waals surface area contributed by atoms with Gasteiger partial charge in [-0.1, -0.05) is 84.4 Å². The van der Waals surface area contributed by atoms with Crippen LogP contribution in [-0.2, 0) is 16.0 Å². The number of unbranched alkanes of at least 4 members (excludes halogenated alkanes) is 6. The van der Waals surface area contributed by atoms with Gasteiger partial charge in [-0.3, -0.25) is 4.79 Å². The summed E-state index contributed by atoms with van der Waals surface area (Å²) in [6.07, 6.45) is 12.0. The molecule has 0 bridgehead atoms. The van der Waals surface area contributed by atoms with Crippen molar-refractivity contribution < 1.29 is 13.7 Å². The van der Waals surface area contributed by atoms with Gasteiger partial charge in [-0.2, -0.15) is 0 Å². The van der Waals surface area contributed by atoms with Gasteiger partial charge in [0, 0.05) is 0 Å². The Morgan fingerprint density at radius 3 is 2.44 bits per heavy atom. The molecular weight excluding hydrogens is 464 g/mol. The molecule has 0 amide bonds. The Morgan fingerprint density at radius 1 is 1.12 bits per heavy atom. The van der Waals surface area contributed by atoms with Crippen LogP contribution < -0.4 is 15.7 Å². The van der Waals surface area contributed by atoms with Crippen molar-refractivity contribution >= 4 is 34.6 Å². The van der Waals surface area contributed by atoms with Crippen LogP contribution in [0.15, 0.2) is 24.3 Å². The maximum Gasteiger partial charge on any atom is 0.254 e. The molecular formula is C27H44N2O3S2. The van der Waals surface area contributed by atoms with E-state index in [2.05, 4.69) is 33.8 Å². The van der Waals surface area contributed by atoms with E-state index in [0.717, 1.165) is 49.0 Å². The van der Waals surface area contributed by atoms with E-state index in [1.165, 1.54) is 38.5 Å². The van der Waals surface area contributed by atoms with Gasteiger partial charge in [-0.05, 0) is 66.8 Å². The summed E-state index contributed by atoms with van der Waals surface area (Å²) in [6, 6.07) is 7.30. The van der Waals surface area contributed by atoms with Crippen LogP contribution in [0.4, 0.5) is 0 Å². The number of hydrogen-bond donors (Lipinski definition) is 2. The zero-order chi connectivity index (χ0) is 25.2. The maximum atomic E-state index is 13.1. The van der Waals surface area contributed by atoms with Gasteiger partial charge in [0.2, 0.25) is 5.12 Å². The summed E-state index contributed by atoms with van der Waals surface area (Å²) >= 11 is 5.80. The van der Waals surface area contributed by atoms with Gasteiger partial charge in [0.1, 0.15) is 23.9 Å². The molecule has 5 nitrogen and oxygen atoms in total. The lowest BCUT2D eigenvalue weighted by Gasteiger charge is -2.48. The van der Waals surface area contributed by atoms with Gasteiger partial charge >= 0.3 is 0 Å². The standard InChI is InChI=1S/C27H44N2O3S2/c1-5-6-7-8-9-10-11-14-20-15-12-13-16-22(20)32-34-24(30)23(28)27(4)18-21(31-25(29)33)17-26(2,3)19-27/h12-13,15-16,21,23H,5-11,14,17-19,28H2,1-4H3,(H2,29,33). The lowest BCUT2D eigenvalue weighted by molar-refractivity contribution is -0.117. The van der Waals surface area contributed by atoms with Gasteiger partial charge in [-0.15, -0.1) is 0 Å². The highest BCUT2D eigenvalue weighted by atomic mass is 32.2. The molecule has 1 saturated carbocycles. The number of hydrogen-bond acceptors (Lipinski definition) is 6. The van der Waals surface area contributed by atoms with Crippen molar-refractivity contribution in [2.24, 2.45) is 22.3 Å².